The van der Waals surface area contributed by atoms with Gasteiger partial charge < -0.3 is 9.80 Å². The molecular weight excluding hydrogens is 388 g/mol. The standard InChI is InChI=1S/C24H26N6O/c1-15-9-27-24(28-16(15)2)29-12-20-13-30(23(31)19-10-25-17(3)26-11-19)22(21(20)14-29)18-7-5-4-6-8-18/h4-11,20-22H,12-14H2,1-3H3/t20-,21-,22+/m0/s1. The van der Waals surface area contributed by atoms with Crippen molar-refractivity contribution in [3.8, 4) is 0 Å². The fourth-order valence-corrected chi connectivity index (χ4v) is 4.83. The maximum atomic E-state index is 13.4. The summed E-state index contributed by atoms with van der Waals surface area (Å²) in [7, 11) is 0. The van der Waals surface area contributed by atoms with E-state index in [4.69, 9.17) is 4.98 Å². The van der Waals surface area contributed by atoms with Gasteiger partial charge in [0, 0.05) is 55.8 Å². The number of anilines is 1. The predicted octanol–water partition coefficient (Wildman–Crippen LogP) is 3.14. The fourth-order valence-electron chi connectivity index (χ4n) is 4.83. The Morgan fingerprint density at radius 2 is 1.68 bits per heavy atom. The van der Waals surface area contributed by atoms with E-state index in [2.05, 4.69) is 32.0 Å². The number of aryl methyl sites for hydroxylation is 3. The fraction of sp³-hybridized carbons (Fsp3) is 0.375. The van der Waals surface area contributed by atoms with Gasteiger partial charge in [-0.2, -0.15) is 0 Å². The van der Waals surface area contributed by atoms with E-state index in [1.165, 1.54) is 5.56 Å². The highest BCUT2D eigenvalue weighted by Gasteiger charge is 2.49. The topological polar surface area (TPSA) is 75.1 Å². The molecule has 5 rings (SSSR count). The van der Waals surface area contributed by atoms with E-state index in [1.807, 2.05) is 50.1 Å². The number of benzene rings is 1. The number of rotatable bonds is 3. The molecule has 1 amide bonds. The zero-order valence-electron chi connectivity index (χ0n) is 18.1. The Morgan fingerprint density at radius 3 is 2.39 bits per heavy atom. The molecule has 3 aromatic rings. The number of hydrogen-bond donors (Lipinski definition) is 0. The van der Waals surface area contributed by atoms with Crippen LogP contribution < -0.4 is 4.90 Å². The summed E-state index contributed by atoms with van der Waals surface area (Å²) in [6.45, 7) is 8.27. The van der Waals surface area contributed by atoms with Crippen LogP contribution in [0.25, 0.3) is 0 Å². The second-order valence-electron chi connectivity index (χ2n) is 8.60. The van der Waals surface area contributed by atoms with Gasteiger partial charge in [0.15, 0.2) is 0 Å². The molecule has 4 heterocycles. The first-order valence-electron chi connectivity index (χ1n) is 10.7. The van der Waals surface area contributed by atoms with Gasteiger partial charge in [-0.05, 0) is 31.9 Å². The lowest BCUT2D eigenvalue weighted by molar-refractivity contribution is 0.0714. The molecule has 0 bridgehead atoms. The maximum absolute atomic E-state index is 13.4. The highest BCUT2D eigenvalue weighted by Crippen LogP contribution is 2.46. The molecule has 0 aliphatic carbocycles. The van der Waals surface area contributed by atoms with Crippen LogP contribution in [0.1, 0.15) is 39.0 Å². The number of carbonyl (C=O) groups excluding carboxylic acids is 1. The molecule has 2 saturated heterocycles. The van der Waals surface area contributed by atoms with Gasteiger partial charge >= 0.3 is 0 Å². The molecule has 2 aromatic heterocycles. The number of carbonyl (C=O) groups is 1. The Labute approximate surface area is 182 Å². The normalized spacial score (nSPS) is 22.6. The Bertz CT molecular complexity index is 1100. The van der Waals surface area contributed by atoms with Crippen LogP contribution in [0.2, 0.25) is 0 Å². The molecule has 3 atom stereocenters. The summed E-state index contributed by atoms with van der Waals surface area (Å²) in [6.07, 6.45) is 5.17. The number of amides is 1. The van der Waals surface area contributed by atoms with E-state index >= 15 is 0 Å². The number of aromatic nitrogens is 4. The quantitative estimate of drug-likeness (QED) is 0.655. The molecule has 0 unspecified atom stereocenters. The van der Waals surface area contributed by atoms with E-state index in [1.54, 1.807) is 12.4 Å². The van der Waals surface area contributed by atoms with Gasteiger partial charge in [0.1, 0.15) is 5.82 Å². The zero-order chi connectivity index (χ0) is 21.5. The van der Waals surface area contributed by atoms with Crippen molar-refractivity contribution in [2.75, 3.05) is 24.5 Å². The van der Waals surface area contributed by atoms with Crippen molar-refractivity contribution in [1.29, 1.82) is 0 Å². The second kappa shape index (κ2) is 7.72. The molecule has 2 aliphatic rings. The minimum Gasteiger partial charge on any atom is -0.340 e. The van der Waals surface area contributed by atoms with E-state index in [0.717, 1.165) is 30.3 Å². The summed E-state index contributed by atoms with van der Waals surface area (Å²) in [5.41, 5.74) is 3.82. The number of nitrogens with zero attached hydrogens (tertiary/aromatic N) is 6. The van der Waals surface area contributed by atoms with Gasteiger partial charge in [0.2, 0.25) is 5.95 Å². The summed E-state index contributed by atoms with van der Waals surface area (Å²) >= 11 is 0. The van der Waals surface area contributed by atoms with Crippen molar-refractivity contribution in [1.82, 2.24) is 24.8 Å². The molecular formula is C24H26N6O. The SMILES string of the molecule is Cc1ncc(C(=O)N2C[C@@H]3CN(c4ncc(C)c(C)n4)C[C@@H]3[C@H]2c2ccccc2)cn1. The summed E-state index contributed by atoms with van der Waals surface area (Å²) in [5, 5.41) is 0. The van der Waals surface area contributed by atoms with Crippen LogP contribution in [-0.2, 0) is 0 Å². The van der Waals surface area contributed by atoms with Crippen LogP contribution in [0.15, 0.2) is 48.9 Å². The van der Waals surface area contributed by atoms with Gasteiger partial charge in [0.05, 0.1) is 11.6 Å². The lowest BCUT2D eigenvalue weighted by Crippen LogP contribution is -2.36. The van der Waals surface area contributed by atoms with Crippen molar-refractivity contribution < 1.29 is 4.79 Å². The van der Waals surface area contributed by atoms with Crippen LogP contribution in [0.4, 0.5) is 5.95 Å². The monoisotopic (exact) mass is 414 g/mol. The average molecular weight is 415 g/mol. The Kier molecular flexibility index (Phi) is 4.88. The van der Waals surface area contributed by atoms with Crippen molar-refractivity contribution in [2.45, 2.75) is 26.8 Å². The minimum absolute atomic E-state index is 0.00256. The second-order valence-corrected chi connectivity index (χ2v) is 8.60. The van der Waals surface area contributed by atoms with E-state index < -0.39 is 0 Å². The first-order valence-corrected chi connectivity index (χ1v) is 10.7. The molecule has 1 aromatic carbocycles. The van der Waals surface area contributed by atoms with Gasteiger partial charge in [-0.3, -0.25) is 4.79 Å². The first-order chi connectivity index (χ1) is 15.0. The zero-order valence-corrected chi connectivity index (χ0v) is 18.1. The summed E-state index contributed by atoms with van der Waals surface area (Å²) in [6, 6.07) is 10.3. The third-order valence-electron chi connectivity index (χ3n) is 6.59. The van der Waals surface area contributed by atoms with Crippen LogP contribution >= 0.6 is 0 Å². The van der Waals surface area contributed by atoms with E-state index in [9.17, 15) is 4.79 Å². The summed E-state index contributed by atoms with van der Waals surface area (Å²) in [5.74, 6) is 2.14. The summed E-state index contributed by atoms with van der Waals surface area (Å²) < 4.78 is 0. The third-order valence-corrected chi connectivity index (χ3v) is 6.59. The Morgan fingerprint density at radius 1 is 0.935 bits per heavy atom. The third kappa shape index (κ3) is 3.54. The average Bonchev–Trinajstić information content (AvgIpc) is 3.34. The summed E-state index contributed by atoms with van der Waals surface area (Å²) in [4.78, 5) is 35.4. The van der Waals surface area contributed by atoms with Crippen molar-refractivity contribution in [3.05, 3.63) is 77.1 Å². The highest BCUT2D eigenvalue weighted by atomic mass is 16.2. The molecule has 7 nitrogen and oxygen atoms in total. The molecule has 7 heteroatoms. The van der Waals surface area contributed by atoms with Crippen LogP contribution in [0.5, 0.6) is 0 Å². The van der Waals surface area contributed by atoms with Crippen LogP contribution in [0.3, 0.4) is 0 Å². The van der Waals surface area contributed by atoms with Crippen LogP contribution in [0, 0.1) is 32.6 Å². The molecule has 0 spiro atoms. The lowest BCUT2D eigenvalue weighted by atomic mass is 9.89. The van der Waals surface area contributed by atoms with E-state index in [-0.39, 0.29) is 11.9 Å². The highest BCUT2D eigenvalue weighted by molar-refractivity contribution is 5.94. The van der Waals surface area contributed by atoms with Gasteiger partial charge in [0.25, 0.3) is 5.91 Å². The Balaban J connectivity index is 1.45. The number of hydrogen-bond acceptors (Lipinski definition) is 6. The Hall–Kier alpha value is -3.35. The first kappa shape index (κ1) is 19.6. The molecule has 31 heavy (non-hydrogen) atoms. The molecule has 158 valence electrons. The molecule has 2 fully saturated rings. The molecule has 0 saturated carbocycles. The van der Waals surface area contributed by atoms with Crippen molar-refractivity contribution in [3.63, 3.8) is 0 Å². The van der Waals surface area contributed by atoms with Gasteiger partial charge in [-0.1, -0.05) is 30.3 Å². The van der Waals surface area contributed by atoms with E-state index in [0.29, 0.717) is 29.8 Å². The van der Waals surface area contributed by atoms with Gasteiger partial charge in [-0.25, -0.2) is 19.9 Å². The lowest BCUT2D eigenvalue weighted by Gasteiger charge is -2.30. The van der Waals surface area contributed by atoms with Crippen LogP contribution in [-0.4, -0.2) is 50.4 Å². The molecule has 0 radical (unpaired) electrons. The molecule has 2 aliphatic heterocycles. The van der Waals surface area contributed by atoms with Crippen molar-refractivity contribution in [2.24, 2.45) is 11.8 Å². The smallest absolute Gasteiger partial charge is 0.257 e. The molecule has 0 N–H and O–H groups in total. The van der Waals surface area contributed by atoms with Crippen molar-refractivity contribution >= 4 is 11.9 Å². The minimum atomic E-state index is -0.00256. The van der Waals surface area contributed by atoms with Gasteiger partial charge in [-0.15, -0.1) is 0 Å². The largest absolute Gasteiger partial charge is 0.340 e. The number of fused-ring (bicyclic) bond motifs is 1. The maximum Gasteiger partial charge on any atom is 0.257 e. The predicted molar refractivity (Wildman–Crippen MR) is 118 cm³/mol. The number of likely N-dealkylation sites (tertiary alicyclic amines) is 1.